The monoisotopic (exact) mass is 438 g/mol. The minimum Gasteiger partial charge on any atom is -0.480 e. The van der Waals surface area contributed by atoms with Crippen LogP contribution in [-0.4, -0.2) is 49.8 Å². The number of hydrogen-bond acceptors (Lipinski definition) is 6. The number of nitrogens with zero attached hydrogens (tertiary/aromatic N) is 5. The van der Waals surface area contributed by atoms with Crippen LogP contribution in [-0.2, 0) is 11.3 Å². The van der Waals surface area contributed by atoms with Gasteiger partial charge in [0.1, 0.15) is 24.4 Å². The number of hydrogen-bond donors (Lipinski definition) is 2. The molecule has 9 nitrogen and oxygen atoms in total. The first-order chi connectivity index (χ1) is 15.5. The van der Waals surface area contributed by atoms with Crippen LogP contribution in [0, 0.1) is 5.92 Å². The highest BCUT2D eigenvalue weighted by molar-refractivity contribution is 6.04. The predicted molar refractivity (Wildman–Crippen MR) is 124 cm³/mol. The van der Waals surface area contributed by atoms with Crippen LogP contribution in [0.4, 0.5) is 11.5 Å². The summed E-state index contributed by atoms with van der Waals surface area (Å²) < 4.78 is 1.36. The minimum atomic E-state index is -0.963. The highest BCUT2D eigenvalue weighted by atomic mass is 16.4. The van der Waals surface area contributed by atoms with E-state index in [1.165, 1.54) is 23.9 Å². The van der Waals surface area contributed by atoms with Crippen LogP contribution < -0.4 is 10.2 Å². The topological polar surface area (TPSA) is 113 Å². The number of carbonyl (C=O) groups is 2. The Bertz CT molecular complexity index is 1080. The van der Waals surface area contributed by atoms with E-state index in [4.69, 9.17) is 5.11 Å². The minimum absolute atomic E-state index is 0.213. The first-order valence-corrected chi connectivity index (χ1v) is 11.1. The lowest BCUT2D eigenvalue weighted by Crippen LogP contribution is -2.28. The molecule has 32 heavy (non-hydrogen) atoms. The van der Waals surface area contributed by atoms with E-state index in [-0.39, 0.29) is 12.5 Å². The Balaban J connectivity index is 0.00000141. The first-order valence-electron chi connectivity index (χ1n) is 11.1. The van der Waals surface area contributed by atoms with Crippen molar-refractivity contribution in [2.24, 2.45) is 5.92 Å². The molecule has 0 atom stereocenters. The van der Waals surface area contributed by atoms with Crippen molar-refractivity contribution in [3.8, 4) is 0 Å². The van der Waals surface area contributed by atoms with Crippen molar-refractivity contribution in [3.63, 3.8) is 0 Å². The van der Waals surface area contributed by atoms with Gasteiger partial charge in [0.2, 0.25) is 0 Å². The number of amides is 1. The van der Waals surface area contributed by atoms with E-state index in [2.05, 4.69) is 32.2 Å². The van der Waals surface area contributed by atoms with Crippen LogP contribution in [0.2, 0.25) is 0 Å². The number of fused-ring (bicyclic) bond motifs is 1. The van der Waals surface area contributed by atoms with E-state index in [0.717, 1.165) is 36.6 Å². The molecule has 170 valence electrons. The molecular weight excluding hydrogens is 408 g/mol. The van der Waals surface area contributed by atoms with Gasteiger partial charge in [-0.1, -0.05) is 20.8 Å². The van der Waals surface area contributed by atoms with Crippen molar-refractivity contribution in [1.82, 2.24) is 19.7 Å². The molecular formula is C23H30N6O3. The van der Waals surface area contributed by atoms with E-state index in [1.807, 2.05) is 13.8 Å². The molecule has 2 aromatic heterocycles. The fourth-order valence-electron chi connectivity index (χ4n) is 3.39. The van der Waals surface area contributed by atoms with Gasteiger partial charge in [0, 0.05) is 36.4 Å². The molecule has 3 aromatic rings. The average Bonchev–Trinajstić information content (AvgIpc) is 3.52. The maximum absolute atomic E-state index is 12.7. The number of anilines is 2. The average molecular weight is 439 g/mol. The third-order valence-electron chi connectivity index (χ3n) is 4.99. The summed E-state index contributed by atoms with van der Waals surface area (Å²) in [7, 11) is 0. The molecule has 1 saturated carbocycles. The van der Waals surface area contributed by atoms with Gasteiger partial charge in [0.05, 0.1) is 5.52 Å². The summed E-state index contributed by atoms with van der Waals surface area (Å²) in [6, 6.07) is 6.97. The maximum Gasteiger partial charge on any atom is 0.325 e. The largest absolute Gasteiger partial charge is 0.480 e. The number of carboxylic acid groups (broad SMARTS) is 1. The van der Waals surface area contributed by atoms with E-state index in [1.54, 1.807) is 30.5 Å². The number of nitrogens with one attached hydrogen (secondary N) is 1. The van der Waals surface area contributed by atoms with Gasteiger partial charge in [0.15, 0.2) is 0 Å². The molecule has 2 N–H and O–H groups in total. The second-order valence-corrected chi connectivity index (χ2v) is 7.60. The van der Waals surface area contributed by atoms with Crippen molar-refractivity contribution >= 4 is 34.3 Å². The molecule has 1 aromatic carbocycles. The van der Waals surface area contributed by atoms with E-state index < -0.39 is 5.97 Å². The Labute approximate surface area is 187 Å². The smallest absolute Gasteiger partial charge is 0.325 e. The highest BCUT2D eigenvalue weighted by Gasteiger charge is 2.25. The number of aromatic nitrogens is 4. The summed E-state index contributed by atoms with van der Waals surface area (Å²) >= 11 is 0. The van der Waals surface area contributed by atoms with Crippen LogP contribution in [0.15, 0.2) is 36.8 Å². The van der Waals surface area contributed by atoms with Crippen LogP contribution in [0.1, 0.15) is 50.5 Å². The molecule has 0 aliphatic heterocycles. The molecule has 0 saturated heterocycles. The predicted octanol–water partition coefficient (Wildman–Crippen LogP) is 3.82. The standard InChI is InChI=1S/C21H24N6O3.C2H6/c1-2-7-26(10-14-3-4-14)19-9-18(22-13-23-19)21(30)24-16-5-6-17-15(8-16)11-27(25-17)12-20(28)29;1-2/h5-6,8-9,11,13-14H,2-4,7,10,12H2,1H3,(H,24,30)(H,28,29);1-2H3. The Morgan fingerprint density at radius 1 is 1.22 bits per heavy atom. The summed E-state index contributed by atoms with van der Waals surface area (Å²) in [6.07, 6.45) is 6.59. The molecule has 1 amide bonds. The first kappa shape index (κ1) is 23.2. The van der Waals surface area contributed by atoms with Crippen molar-refractivity contribution in [3.05, 3.63) is 42.5 Å². The molecule has 0 bridgehead atoms. The highest BCUT2D eigenvalue weighted by Crippen LogP contribution is 2.31. The van der Waals surface area contributed by atoms with Crippen LogP contribution in [0.5, 0.6) is 0 Å². The number of aliphatic carboxylic acids is 1. The molecule has 1 fully saturated rings. The maximum atomic E-state index is 12.7. The molecule has 4 rings (SSSR count). The fourth-order valence-corrected chi connectivity index (χ4v) is 3.39. The summed E-state index contributed by atoms with van der Waals surface area (Å²) in [5.74, 6) is 0.209. The molecule has 1 aliphatic carbocycles. The number of benzene rings is 1. The molecule has 0 spiro atoms. The van der Waals surface area contributed by atoms with Crippen molar-refractivity contribution in [1.29, 1.82) is 0 Å². The normalized spacial score (nSPS) is 12.7. The summed E-state index contributed by atoms with van der Waals surface area (Å²) in [6.45, 7) is 7.77. The van der Waals surface area contributed by atoms with Gasteiger partial charge in [-0.25, -0.2) is 9.97 Å². The molecule has 0 unspecified atom stereocenters. The fraction of sp³-hybridized carbons (Fsp3) is 0.435. The lowest BCUT2D eigenvalue weighted by atomic mass is 10.2. The van der Waals surface area contributed by atoms with Gasteiger partial charge in [-0.2, -0.15) is 5.10 Å². The Morgan fingerprint density at radius 2 is 2.00 bits per heavy atom. The van der Waals surface area contributed by atoms with Gasteiger partial charge in [-0.15, -0.1) is 0 Å². The zero-order valence-corrected chi connectivity index (χ0v) is 18.8. The van der Waals surface area contributed by atoms with Crippen molar-refractivity contribution in [2.75, 3.05) is 23.3 Å². The summed E-state index contributed by atoms with van der Waals surface area (Å²) in [5.41, 5.74) is 1.55. The number of rotatable bonds is 9. The Hall–Kier alpha value is -3.49. The lowest BCUT2D eigenvalue weighted by Gasteiger charge is -2.23. The van der Waals surface area contributed by atoms with Gasteiger partial charge in [-0.3, -0.25) is 14.3 Å². The van der Waals surface area contributed by atoms with E-state index in [0.29, 0.717) is 16.9 Å². The van der Waals surface area contributed by atoms with E-state index >= 15 is 0 Å². The van der Waals surface area contributed by atoms with Gasteiger partial charge >= 0.3 is 5.97 Å². The third-order valence-corrected chi connectivity index (χ3v) is 4.99. The second-order valence-electron chi connectivity index (χ2n) is 7.60. The SMILES string of the molecule is CC.CCCN(CC1CC1)c1cc(C(=O)Nc2ccc3nn(CC(=O)O)cc3c2)ncn1. The van der Waals surface area contributed by atoms with Crippen LogP contribution >= 0.6 is 0 Å². The lowest BCUT2D eigenvalue weighted by molar-refractivity contribution is -0.137. The third kappa shape index (κ3) is 6.03. The Morgan fingerprint density at radius 3 is 2.69 bits per heavy atom. The molecule has 1 aliphatic rings. The van der Waals surface area contributed by atoms with Crippen molar-refractivity contribution < 1.29 is 14.7 Å². The quantitative estimate of drug-likeness (QED) is 0.522. The van der Waals surface area contributed by atoms with E-state index in [9.17, 15) is 9.59 Å². The second kappa shape index (κ2) is 10.7. The number of carbonyl (C=O) groups excluding carboxylic acids is 1. The summed E-state index contributed by atoms with van der Waals surface area (Å²) in [5, 5.41) is 16.7. The van der Waals surface area contributed by atoms with Gasteiger partial charge in [0.25, 0.3) is 5.91 Å². The number of carboxylic acids is 1. The summed E-state index contributed by atoms with van der Waals surface area (Å²) in [4.78, 5) is 34.3. The van der Waals surface area contributed by atoms with Crippen LogP contribution in [0.25, 0.3) is 10.9 Å². The Kier molecular flexibility index (Phi) is 7.75. The van der Waals surface area contributed by atoms with Gasteiger partial charge in [-0.05, 0) is 43.4 Å². The molecule has 9 heteroatoms. The van der Waals surface area contributed by atoms with Gasteiger partial charge < -0.3 is 15.3 Å². The zero-order valence-electron chi connectivity index (χ0n) is 18.8. The van der Waals surface area contributed by atoms with Crippen molar-refractivity contribution in [2.45, 2.75) is 46.6 Å². The van der Waals surface area contributed by atoms with Crippen LogP contribution in [0.3, 0.4) is 0 Å². The molecule has 2 heterocycles. The zero-order chi connectivity index (χ0) is 23.1. The molecule has 0 radical (unpaired) electrons.